The standard InChI is InChI=1S/C47H49ClN8O6S/c48-34-4-2-31(3-5-34)39-27-47(12-1-13-47)14-8-33(39)29-54-16-18-55(19-17-54)35-6-7-38(42(24-35)62-36-23-32-9-15-49-45(32)50-28-36)46(57)53-63(60)37-25-40-44(41(26-37)56(58)59)52-43(51-40)22-30-10-20-61-21-11-30/h2-7,9,15,23-26,28,30H,1,8,10-14,16-22,27,29H2,(H,49,50)(H,51,52)(H,53,57). The summed E-state index contributed by atoms with van der Waals surface area (Å²) in [4.78, 5) is 45.9. The fourth-order valence-corrected chi connectivity index (χ4v) is 10.8. The molecule has 6 aromatic rings. The summed E-state index contributed by atoms with van der Waals surface area (Å²) in [6, 6.07) is 20.3. The van der Waals surface area contributed by atoms with Crippen LogP contribution in [0.3, 0.4) is 0 Å². The number of nitro groups is 1. The molecular weight excluding hydrogens is 840 g/mol. The van der Waals surface area contributed by atoms with E-state index in [9.17, 15) is 19.1 Å². The number of amides is 1. The fraction of sp³-hybridized carbons (Fsp3) is 0.383. The smallest absolute Gasteiger partial charge is 0.298 e. The molecule has 3 aromatic carbocycles. The Hall–Kier alpha value is -5.61. The van der Waals surface area contributed by atoms with Crippen LogP contribution in [0.2, 0.25) is 5.02 Å². The summed E-state index contributed by atoms with van der Waals surface area (Å²) in [5.41, 5.74) is 6.81. The molecule has 2 aliphatic heterocycles. The predicted molar refractivity (Wildman–Crippen MR) is 244 cm³/mol. The van der Waals surface area contributed by atoms with E-state index in [1.165, 1.54) is 48.5 Å². The monoisotopic (exact) mass is 888 g/mol. The first-order valence-electron chi connectivity index (χ1n) is 21.8. The number of nitrogens with one attached hydrogen (secondary N) is 3. The van der Waals surface area contributed by atoms with Gasteiger partial charge < -0.3 is 24.3 Å². The van der Waals surface area contributed by atoms with Crippen molar-refractivity contribution in [1.29, 1.82) is 0 Å². The van der Waals surface area contributed by atoms with E-state index in [1.54, 1.807) is 24.5 Å². The molecule has 1 unspecified atom stereocenters. The van der Waals surface area contributed by atoms with Crippen molar-refractivity contribution in [2.75, 3.05) is 50.8 Å². The van der Waals surface area contributed by atoms with E-state index in [4.69, 9.17) is 21.1 Å². The first kappa shape index (κ1) is 41.4. The average Bonchev–Trinajstić information content (AvgIpc) is 3.93. The Morgan fingerprint density at radius 3 is 2.60 bits per heavy atom. The number of nitro benzene ring substituents is 1. The summed E-state index contributed by atoms with van der Waals surface area (Å²) in [5.74, 6) is 0.992. The highest BCUT2D eigenvalue weighted by atomic mass is 35.5. The quantitative estimate of drug-likeness (QED) is 0.0795. The molecule has 2 saturated heterocycles. The maximum absolute atomic E-state index is 14.0. The van der Waals surface area contributed by atoms with E-state index in [1.807, 2.05) is 36.4 Å². The number of nitrogens with zero attached hydrogens (tertiary/aromatic N) is 5. The van der Waals surface area contributed by atoms with Crippen LogP contribution in [-0.4, -0.2) is 85.8 Å². The van der Waals surface area contributed by atoms with Gasteiger partial charge in [-0.1, -0.05) is 35.7 Å². The largest absolute Gasteiger partial charge is 0.455 e. The zero-order valence-electron chi connectivity index (χ0n) is 34.9. The van der Waals surface area contributed by atoms with Crippen LogP contribution in [0.5, 0.6) is 11.5 Å². The molecule has 63 heavy (non-hydrogen) atoms. The summed E-state index contributed by atoms with van der Waals surface area (Å²) in [5, 5.41) is 13.8. The summed E-state index contributed by atoms with van der Waals surface area (Å²) < 4.78 is 28.3. The van der Waals surface area contributed by atoms with Crippen molar-refractivity contribution in [1.82, 2.24) is 29.6 Å². The molecule has 14 nitrogen and oxygen atoms in total. The first-order valence-corrected chi connectivity index (χ1v) is 23.3. The Bertz CT molecular complexity index is 2750. The number of benzene rings is 3. The van der Waals surface area contributed by atoms with Gasteiger partial charge in [0.15, 0.2) is 16.5 Å². The number of H-pyrrole nitrogens is 2. The number of rotatable bonds is 12. The fourth-order valence-electron chi connectivity index (χ4n) is 9.80. The van der Waals surface area contributed by atoms with Gasteiger partial charge in [0.25, 0.3) is 11.6 Å². The van der Waals surface area contributed by atoms with E-state index in [-0.39, 0.29) is 27.4 Å². The molecule has 1 atom stereocenters. The molecule has 1 amide bonds. The van der Waals surface area contributed by atoms with Crippen LogP contribution in [-0.2, 0) is 22.1 Å². The molecule has 0 radical (unpaired) electrons. The number of ether oxygens (including phenoxy) is 2. The zero-order chi connectivity index (χ0) is 43.1. The Morgan fingerprint density at radius 2 is 1.84 bits per heavy atom. The molecule has 2 aliphatic carbocycles. The Balaban J connectivity index is 0.874. The molecule has 4 aliphatic rings. The Morgan fingerprint density at radius 1 is 1.03 bits per heavy atom. The highest BCUT2D eigenvalue weighted by molar-refractivity contribution is 7.83. The van der Waals surface area contributed by atoms with Gasteiger partial charge in [0.2, 0.25) is 0 Å². The van der Waals surface area contributed by atoms with Crippen LogP contribution in [0, 0.1) is 21.4 Å². The first-order chi connectivity index (χ1) is 30.6. The van der Waals surface area contributed by atoms with Crippen molar-refractivity contribution in [2.24, 2.45) is 11.3 Å². The van der Waals surface area contributed by atoms with Gasteiger partial charge in [0, 0.05) is 86.8 Å². The highest BCUT2D eigenvalue weighted by Gasteiger charge is 2.41. The molecule has 1 spiro atoms. The summed E-state index contributed by atoms with van der Waals surface area (Å²) >= 11 is 6.29. The van der Waals surface area contributed by atoms with Crippen molar-refractivity contribution in [3.8, 4) is 11.5 Å². The van der Waals surface area contributed by atoms with Crippen LogP contribution in [0.25, 0.3) is 27.6 Å². The highest BCUT2D eigenvalue weighted by Crippen LogP contribution is 2.55. The number of piperazine rings is 1. The summed E-state index contributed by atoms with van der Waals surface area (Å²) in [6.07, 6.45) is 13.3. The van der Waals surface area contributed by atoms with Gasteiger partial charge in [-0.15, -0.1) is 0 Å². The second kappa shape index (κ2) is 17.5. The minimum absolute atomic E-state index is 0.0645. The average molecular weight is 889 g/mol. The lowest BCUT2D eigenvalue weighted by molar-refractivity contribution is -0.383. The van der Waals surface area contributed by atoms with Crippen LogP contribution in [0.1, 0.15) is 73.1 Å². The lowest BCUT2D eigenvalue weighted by Crippen LogP contribution is -2.47. The number of anilines is 1. The van der Waals surface area contributed by atoms with Crippen molar-refractivity contribution in [3.05, 3.63) is 117 Å². The maximum Gasteiger partial charge on any atom is 0.298 e. The molecule has 3 N–H and O–H groups in total. The third kappa shape index (κ3) is 8.84. The molecule has 0 bridgehead atoms. The number of aromatic amines is 2. The molecular formula is C47H49ClN8O6S. The molecule has 326 valence electrons. The van der Waals surface area contributed by atoms with Gasteiger partial charge >= 0.3 is 0 Å². The van der Waals surface area contributed by atoms with Crippen LogP contribution in [0.4, 0.5) is 11.4 Å². The number of hydrogen-bond acceptors (Lipinski definition) is 10. The minimum atomic E-state index is -2.16. The molecule has 3 aromatic heterocycles. The lowest BCUT2D eigenvalue weighted by Gasteiger charge is -2.47. The summed E-state index contributed by atoms with van der Waals surface area (Å²) in [7, 11) is -2.16. The number of hydrogen-bond donors (Lipinski definition) is 3. The molecule has 10 rings (SSSR count). The second-order valence-electron chi connectivity index (χ2n) is 17.5. The second-order valence-corrected chi connectivity index (χ2v) is 19.1. The number of non-ortho nitro benzene ring substituents is 1. The van der Waals surface area contributed by atoms with Gasteiger partial charge in [-0.2, -0.15) is 0 Å². The van der Waals surface area contributed by atoms with Crippen LogP contribution >= 0.6 is 11.6 Å². The van der Waals surface area contributed by atoms with E-state index in [0.717, 1.165) is 74.5 Å². The number of imidazole rings is 1. The van der Waals surface area contributed by atoms with Crippen LogP contribution in [0.15, 0.2) is 89.6 Å². The number of fused-ring (bicyclic) bond motifs is 2. The number of allylic oxidation sites excluding steroid dienone is 1. The van der Waals surface area contributed by atoms with Crippen molar-refractivity contribution in [2.45, 2.75) is 62.7 Å². The SMILES string of the molecule is O=C(NS(=O)c1cc([N+](=O)[O-])c2nc(CC3CCOCC3)[nH]c2c1)c1ccc(N2CCN(CC3=C(c4ccc(Cl)cc4)CC4(CCC4)CC3)CC2)cc1Oc1cnc2[nH]ccc2c1. The Labute approximate surface area is 372 Å². The number of carbonyl (C=O) groups excluding carboxylic acids is 1. The molecule has 3 fully saturated rings. The van der Waals surface area contributed by atoms with E-state index >= 15 is 0 Å². The Kier molecular flexibility index (Phi) is 11.5. The van der Waals surface area contributed by atoms with Gasteiger partial charge in [0.1, 0.15) is 23.0 Å². The predicted octanol–water partition coefficient (Wildman–Crippen LogP) is 9.14. The minimum Gasteiger partial charge on any atom is -0.455 e. The maximum atomic E-state index is 14.0. The van der Waals surface area contributed by atoms with Crippen molar-refractivity contribution in [3.63, 3.8) is 0 Å². The summed E-state index contributed by atoms with van der Waals surface area (Å²) in [6.45, 7) is 5.60. The lowest BCUT2D eigenvalue weighted by atomic mass is 9.59. The normalized spacial score (nSPS) is 18.8. The van der Waals surface area contributed by atoms with E-state index in [0.29, 0.717) is 53.7 Å². The number of carbonyl (C=O) groups is 1. The van der Waals surface area contributed by atoms with Gasteiger partial charge in [-0.3, -0.25) is 24.5 Å². The number of halogens is 1. The van der Waals surface area contributed by atoms with Crippen LogP contribution < -0.4 is 14.4 Å². The van der Waals surface area contributed by atoms with Crippen molar-refractivity contribution >= 4 is 67.5 Å². The number of pyridine rings is 1. The van der Waals surface area contributed by atoms with Gasteiger partial charge in [-0.25, -0.2) is 14.2 Å². The zero-order valence-corrected chi connectivity index (χ0v) is 36.4. The van der Waals surface area contributed by atoms with E-state index in [2.05, 4.69) is 46.6 Å². The third-order valence-corrected chi connectivity index (χ3v) is 14.8. The van der Waals surface area contributed by atoms with Gasteiger partial charge in [0.05, 0.1) is 27.1 Å². The van der Waals surface area contributed by atoms with Crippen molar-refractivity contribution < 1.29 is 23.4 Å². The number of aromatic nitrogens is 4. The van der Waals surface area contributed by atoms with Gasteiger partial charge in [-0.05, 0) is 110 Å². The molecule has 5 heterocycles. The van der Waals surface area contributed by atoms with E-state index < -0.39 is 21.8 Å². The third-order valence-electron chi connectivity index (χ3n) is 13.5. The topological polar surface area (TPSA) is 172 Å². The molecule has 16 heteroatoms. The molecule has 1 saturated carbocycles.